The van der Waals surface area contributed by atoms with Gasteiger partial charge in [-0.1, -0.05) is 42.5 Å². The minimum atomic E-state index is -4.55. The Hall–Kier alpha value is -2.71. The first-order valence-electron chi connectivity index (χ1n) is 10.1. The normalized spacial score (nSPS) is 15.3. The number of hydrogen-bond donors (Lipinski definition) is 0. The molecule has 1 aliphatic heterocycles. The number of alkyl halides is 3. The fourth-order valence-electron chi connectivity index (χ4n) is 3.70. The molecule has 0 aliphatic carbocycles. The molecule has 0 atom stereocenters. The van der Waals surface area contributed by atoms with Crippen molar-refractivity contribution in [2.24, 2.45) is 0 Å². The minimum Gasteiger partial charge on any atom is -0.336 e. The number of carbonyl (C=O) groups excluding carboxylic acids is 1. The third-order valence-electron chi connectivity index (χ3n) is 5.31. The number of nitrogens with zero attached hydrogens (tertiary/aromatic N) is 3. The maximum Gasteiger partial charge on any atom is 0.417 e. The lowest BCUT2D eigenvalue weighted by Gasteiger charge is -2.34. The van der Waals surface area contributed by atoms with E-state index in [1.807, 2.05) is 18.2 Å². The Morgan fingerprint density at radius 2 is 1.65 bits per heavy atom. The van der Waals surface area contributed by atoms with Gasteiger partial charge in [0.25, 0.3) is 5.91 Å². The second kappa shape index (κ2) is 9.20. The zero-order valence-electron chi connectivity index (χ0n) is 16.8. The first kappa shape index (κ1) is 21.5. The van der Waals surface area contributed by atoms with E-state index in [0.717, 1.165) is 23.2 Å². The van der Waals surface area contributed by atoms with Crippen LogP contribution in [-0.2, 0) is 19.1 Å². The average molecular weight is 446 g/mol. The summed E-state index contributed by atoms with van der Waals surface area (Å²) in [6.45, 7) is 2.67. The molecule has 0 spiro atoms. The van der Waals surface area contributed by atoms with Gasteiger partial charge in [0.1, 0.15) is 0 Å². The van der Waals surface area contributed by atoms with Gasteiger partial charge in [-0.3, -0.25) is 9.69 Å². The van der Waals surface area contributed by atoms with Crippen molar-refractivity contribution in [3.63, 3.8) is 0 Å². The van der Waals surface area contributed by atoms with Gasteiger partial charge in [-0.15, -0.1) is 11.3 Å². The Labute approximate surface area is 182 Å². The molecule has 1 saturated heterocycles. The van der Waals surface area contributed by atoms with Crippen LogP contribution < -0.4 is 0 Å². The molecule has 162 valence electrons. The van der Waals surface area contributed by atoms with Crippen LogP contribution in [0.3, 0.4) is 0 Å². The molecule has 2 heterocycles. The van der Waals surface area contributed by atoms with Crippen molar-refractivity contribution in [3.8, 4) is 0 Å². The highest BCUT2D eigenvalue weighted by atomic mass is 32.1. The van der Waals surface area contributed by atoms with E-state index in [9.17, 15) is 18.0 Å². The predicted molar refractivity (Wildman–Crippen MR) is 114 cm³/mol. The van der Waals surface area contributed by atoms with E-state index in [4.69, 9.17) is 4.98 Å². The number of amides is 1. The minimum absolute atomic E-state index is 0.284. The van der Waals surface area contributed by atoms with Gasteiger partial charge in [-0.05, 0) is 17.7 Å². The number of piperazine rings is 1. The summed E-state index contributed by atoms with van der Waals surface area (Å²) < 4.78 is 39.7. The summed E-state index contributed by atoms with van der Waals surface area (Å²) in [4.78, 5) is 21.1. The second-order valence-corrected chi connectivity index (χ2v) is 8.45. The molecule has 4 nitrogen and oxygen atoms in total. The lowest BCUT2D eigenvalue weighted by atomic mass is 10.1. The van der Waals surface area contributed by atoms with E-state index in [2.05, 4.69) is 22.4 Å². The van der Waals surface area contributed by atoms with Crippen molar-refractivity contribution in [1.29, 1.82) is 0 Å². The molecule has 8 heteroatoms. The summed E-state index contributed by atoms with van der Waals surface area (Å²) in [5.74, 6) is -0.564. The van der Waals surface area contributed by atoms with Crippen LogP contribution in [0.2, 0.25) is 0 Å². The predicted octanol–water partition coefficient (Wildman–Crippen LogP) is 4.71. The van der Waals surface area contributed by atoms with Crippen LogP contribution in [0, 0.1) is 0 Å². The zero-order valence-corrected chi connectivity index (χ0v) is 17.6. The number of benzene rings is 2. The molecular formula is C23H22F3N3OS. The maximum atomic E-state index is 13.2. The molecule has 0 saturated carbocycles. The first-order chi connectivity index (χ1) is 14.9. The number of rotatable bonds is 5. The molecule has 2 aromatic carbocycles. The summed E-state index contributed by atoms with van der Waals surface area (Å²) in [6, 6.07) is 15.1. The van der Waals surface area contributed by atoms with Gasteiger partial charge in [-0.25, -0.2) is 4.98 Å². The molecule has 1 amide bonds. The van der Waals surface area contributed by atoms with Crippen molar-refractivity contribution in [2.75, 3.05) is 26.2 Å². The Balaban J connectivity index is 1.33. The van der Waals surface area contributed by atoms with E-state index in [1.165, 1.54) is 28.7 Å². The Kier molecular flexibility index (Phi) is 6.38. The van der Waals surface area contributed by atoms with Crippen molar-refractivity contribution in [2.45, 2.75) is 19.1 Å². The second-order valence-electron chi connectivity index (χ2n) is 7.51. The summed E-state index contributed by atoms with van der Waals surface area (Å²) in [7, 11) is 0. The molecule has 0 bridgehead atoms. The van der Waals surface area contributed by atoms with E-state index in [-0.39, 0.29) is 5.56 Å². The van der Waals surface area contributed by atoms with Crippen LogP contribution in [0.4, 0.5) is 13.2 Å². The lowest BCUT2D eigenvalue weighted by Crippen LogP contribution is -2.48. The van der Waals surface area contributed by atoms with Crippen LogP contribution in [-0.4, -0.2) is 46.9 Å². The van der Waals surface area contributed by atoms with E-state index in [0.29, 0.717) is 32.7 Å². The monoisotopic (exact) mass is 445 g/mol. The Bertz CT molecular complexity index is 1030. The fraction of sp³-hybridized carbons (Fsp3) is 0.304. The number of hydrogen-bond acceptors (Lipinski definition) is 4. The largest absolute Gasteiger partial charge is 0.417 e. The van der Waals surface area contributed by atoms with Gasteiger partial charge in [0, 0.05) is 44.5 Å². The maximum absolute atomic E-state index is 13.2. The molecular weight excluding hydrogens is 423 g/mol. The number of aromatic nitrogens is 1. The van der Waals surface area contributed by atoms with Gasteiger partial charge in [0.05, 0.1) is 21.8 Å². The molecule has 31 heavy (non-hydrogen) atoms. The third-order valence-corrected chi connectivity index (χ3v) is 6.20. The molecule has 3 aromatic rings. The molecule has 0 unspecified atom stereocenters. The van der Waals surface area contributed by atoms with Crippen LogP contribution in [0.15, 0.2) is 60.0 Å². The van der Waals surface area contributed by atoms with Crippen molar-refractivity contribution < 1.29 is 18.0 Å². The highest BCUT2D eigenvalue weighted by Crippen LogP contribution is 2.32. The number of carbonyl (C=O) groups is 1. The number of thiazole rings is 1. The SMILES string of the molecule is O=C(c1ccccc1C(F)(F)F)N1CCN(Cc2csc(Cc3ccccc3)n2)CC1. The molecule has 0 N–H and O–H groups in total. The van der Waals surface area contributed by atoms with Gasteiger partial charge in [0.2, 0.25) is 0 Å². The van der Waals surface area contributed by atoms with Crippen LogP contribution >= 0.6 is 11.3 Å². The third kappa shape index (κ3) is 5.32. The molecule has 1 fully saturated rings. The Morgan fingerprint density at radius 1 is 0.968 bits per heavy atom. The topological polar surface area (TPSA) is 36.4 Å². The Morgan fingerprint density at radius 3 is 2.35 bits per heavy atom. The summed E-state index contributed by atoms with van der Waals surface area (Å²) in [5.41, 5.74) is 1.04. The molecule has 1 aliphatic rings. The molecule has 1 aromatic heterocycles. The van der Waals surface area contributed by atoms with E-state index >= 15 is 0 Å². The van der Waals surface area contributed by atoms with E-state index < -0.39 is 17.6 Å². The quantitative estimate of drug-likeness (QED) is 0.571. The van der Waals surface area contributed by atoms with Gasteiger partial charge < -0.3 is 4.90 Å². The summed E-state index contributed by atoms with van der Waals surface area (Å²) >= 11 is 1.63. The lowest BCUT2D eigenvalue weighted by molar-refractivity contribution is -0.138. The standard InChI is InChI=1S/C23H22F3N3OS/c24-23(25,26)20-9-5-4-8-19(20)22(30)29-12-10-28(11-13-29)15-18-16-31-21(27-18)14-17-6-2-1-3-7-17/h1-9,16H,10-15H2. The van der Waals surface area contributed by atoms with Crippen molar-refractivity contribution >= 4 is 17.2 Å². The van der Waals surface area contributed by atoms with E-state index in [1.54, 1.807) is 11.3 Å². The van der Waals surface area contributed by atoms with Crippen LogP contribution in [0.1, 0.15) is 32.2 Å². The molecule has 4 rings (SSSR count). The highest BCUT2D eigenvalue weighted by molar-refractivity contribution is 7.09. The van der Waals surface area contributed by atoms with Crippen molar-refractivity contribution in [1.82, 2.24) is 14.8 Å². The summed E-state index contributed by atoms with van der Waals surface area (Å²) in [5, 5.41) is 3.11. The average Bonchev–Trinajstić information content (AvgIpc) is 3.20. The van der Waals surface area contributed by atoms with Crippen molar-refractivity contribution in [3.05, 3.63) is 87.4 Å². The first-order valence-corrected chi connectivity index (χ1v) is 10.9. The van der Waals surface area contributed by atoms with Crippen LogP contribution in [0.25, 0.3) is 0 Å². The summed E-state index contributed by atoms with van der Waals surface area (Å²) in [6.07, 6.45) is -3.75. The number of halogens is 3. The van der Waals surface area contributed by atoms with Gasteiger partial charge in [-0.2, -0.15) is 13.2 Å². The smallest absolute Gasteiger partial charge is 0.336 e. The van der Waals surface area contributed by atoms with Crippen LogP contribution in [0.5, 0.6) is 0 Å². The fourth-order valence-corrected chi connectivity index (χ4v) is 4.52. The zero-order chi connectivity index (χ0) is 21.8. The molecule has 0 radical (unpaired) electrons. The van der Waals surface area contributed by atoms with Gasteiger partial charge >= 0.3 is 6.18 Å². The highest BCUT2D eigenvalue weighted by Gasteiger charge is 2.36. The van der Waals surface area contributed by atoms with Gasteiger partial charge in [0.15, 0.2) is 0 Å².